The summed E-state index contributed by atoms with van der Waals surface area (Å²) >= 11 is 0. The number of carbonyl (C=O) groups excluding carboxylic acids is 2. The number of carbonyl (C=O) groups is 2. The van der Waals surface area contributed by atoms with Gasteiger partial charge in [-0.05, 0) is 32.1 Å². The van der Waals surface area contributed by atoms with E-state index in [2.05, 4.69) is 12.2 Å². The van der Waals surface area contributed by atoms with Crippen LogP contribution in [0, 0.1) is 5.92 Å². The molecule has 1 aliphatic heterocycles. The number of hydrogen-bond acceptors (Lipinski definition) is 2. The van der Waals surface area contributed by atoms with Crippen molar-refractivity contribution in [3.05, 3.63) is 0 Å². The number of nitrogens with one attached hydrogen (secondary N) is 1. The van der Waals surface area contributed by atoms with Gasteiger partial charge in [-0.2, -0.15) is 0 Å². The molecule has 4 nitrogen and oxygen atoms in total. The van der Waals surface area contributed by atoms with Crippen LogP contribution in [0.25, 0.3) is 0 Å². The van der Waals surface area contributed by atoms with Gasteiger partial charge in [-0.25, -0.2) is 0 Å². The van der Waals surface area contributed by atoms with Gasteiger partial charge in [-0.3, -0.25) is 9.59 Å². The smallest absolute Gasteiger partial charge is 0.245 e. The molecule has 3 unspecified atom stereocenters. The average molecular weight is 252 g/mol. The second kappa shape index (κ2) is 5.29. The highest BCUT2D eigenvalue weighted by Crippen LogP contribution is 2.36. The second-order valence-corrected chi connectivity index (χ2v) is 5.64. The average Bonchev–Trinajstić information content (AvgIpc) is 3.14. The summed E-state index contributed by atoms with van der Waals surface area (Å²) in [5, 5.41) is 2.78. The van der Waals surface area contributed by atoms with Crippen LogP contribution < -0.4 is 5.32 Å². The van der Waals surface area contributed by atoms with Gasteiger partial charge >= 0.3 is 0 Å². The lowest BCUT2D eigenvalue weighted by atomic mass is 9.98. The molecule has 3 atom stereocenters. The lowest BCUT2D eigenvalue weighted by Crippen LogP contribution is -2.64. The Morgan fingerprint density at radius 3 is 2.50 bits per heavy atom. The molecule has 18 heavy (non-hydrogen) atoms. The highest BCUT2D eigenvalue weighted by atomic mass is 16.2. The Hall–Kier alpha value is -1.06. The van der Waals surface area contributed by atoms with Crippen LogP contribution in [0.5, 0.6) is 0 Å². The van der Waals surface area contributed by atoms with E-state index >= 15 is 0 Å². The maximum Gasteiger partial charge on any atom is 0.245 e. The van der Waals surface area contributed by atoms with Crippen molar-refractivity contribution < 1.29 is 9.59 Å². The van der Waals surface area contributed by atoms with E-state index in [1.165, 1.54) is 12.8 Å². The standard InChI is InChI=1S/C14H24N2O2/c1-4-11(8-10-6-7-10)16-12(5-2)13(17)15-9(3)14(16)18/h9-12H,4-8H2,1-3H3,(H,15,17). The molecular weight excluding hydrogens is 228 g/mol. The van der Waals surface area contributed by atoms with Gasteiger partial charge in [-0.1, -0.05) is 26.7 Å². The van der Waals surface area contributed by atoms with Crippen molar-refractivity contribution in [2.24, 2.45) is 5.92 Å². The minimum absolute atomic E-state index is 0.0128. The molecule has 102 valence electrons. The minimum atomic E-state index is -0.367. The minimum Gasteiger partial charge on any atom is -0.343 e. The normalized spacial score (nSPS) is 30.3. The van der Waals surface area contributed by atoms with E-state index in [4.69, 9.17) is 0 Å². The molecule has 1 N–H and O–H groups in total. The molecular formula is C14H24N2O2. The number of amides is 2. The molecule has 1 aliphatic carbocycles. The lowest BCUT2D eigenvalue weighted by molar-refractivity contribution is -0.152. The van der Waals surface area contributed by atoms with E-state index in [0.717, 1.165) is 18.8 Å². The molecule has 1 heterocycles. The van der Waals surface area contributed by atoms with Gasteiger partial charge in [-0.15, -0.1) is 0 Å². The van der Waals surface area contributed by atoms with Crippen molar-refractivity contribution in [2.75, 3.05) is 0 Å². The fourth-order valence-corrected chi connectivity index (χ4v) is 2.91. The second-order valence-electron chi connectivity index (χ2n) is 5.64. The van der Waals surface area contributed by atoms with Crippen molar-refractivity contribution in [1.82, 2.24) is 10.2 Å². The van der Waals surface area contributed by atoms with Crippen LogP contribution in [0.2, 0.25) is 0 Å². The number of piperazine rings is 1. The first-order chi connectivity index (χ1) is 8.58. The summed E-state index contributed by atoms with van der Waals surface area (Å²) in [4.78, 5) is 26.2. The summed E-state index contributed by atoms with van der Waals surface area (Å²) in [6.07, 6.45) is 5.29. The quantitative estimate of drug-likeness (QED) is 0.809. The maximum atomic E-state index is 12.4. The van der Waals surface area contributed by atoms with Crippen molar-refractivity contribution >= 4 is 11.8 Å². The molecule has 0 aromatic carbocycles. The summed E-state index contributed by atoms with van der Waals surface area (Å²) in [7, 11) is 0. The lowest BCUT2D eigenvalue weighted by Gasteiger charge is -2.42. The molecule has 0 aromatic rings. The van der Waals surface area contributed by atoms with Gasteiger partial charge in [0, 0.05) is 6.04 Å². The van der Waals surface area contributed by atoms with Crippen LogP contribution in [0.1, 0.15) is 52.9 Å². The summed E-state index contributed by atoms with van der Waals surface area (Å²) in [5.41, 5.74) is 0. The summed E-state index contributed by atoms with van der Waals surface area (Å²) in [6, 6.07) is -0.394. The SMILES string of the molecule is CCC(CC1CC1)N1C(=O)C(C)NC(=O)C1CC. The fraction of sp³-hybridized carbons (Fsp3) is 0.857. The third-order valence-electron chi connectivity index (χ3n) is 4.18. The Labute approximate surface area is 109 Å². The monoisotopic (exact) mass is 252 g/mol. The van der Waals surface area contributed by atoms with Crippen molar-refractivity contribution in [2.45, 2.75) is 71.0 Å². The van der Waals surface area contributed by atoms with Gasteiger partial charge < -0.3 is 10.2 Å². The zero-order valence-electron chi connectivity index (χ0n) is 11.6. The maximum absolute atomic E-state index is 12.4. The van der Waals surface area contributed by atoms with Crippen LogP contribution in [0.4, 0.5) is 0 Å². The Kier molecular flexibility index (Phi) is 3.93. The van der Waals surface area contributed by atoms with E-state index in [9.17, 15) is 9.59 Å². The van der Waals surface area contributed by atoms with E-state index in [0.29, 0.717) is 6.42 Å². The number of nitrogens with zero attached hydrogens (tertiary/aromatic N) is 1. The number of rotatable bonds is 5. The van der Waals surface area contributed by atoms with E-state index < -0.39 is 0 Å². The van der Waals surface area contributed by atoms with Crippen LogP contribution in [-0.2, 0) is 9.59 Å². The zero-order chi connectivity index (χ0) is 13.3. The predicted octanol–water partition coefficient (Wildman–Crippen LogP) is 1.69. The van der Waals surface area contributed by atoms with Crippen molar-refractivity contribution in [3.63, 3.8) is 0 Å². The fourth-order valence-electron chi connectivity index (χ4n) is 2.91. The zero-order valence-corrected chi connectivity index (χ0v) is 11.6. The van der Waals surface area contributed by atoms with Crippen LogP contribution in [-0.4, -0.2) is 34.8 Å². The molecule has 0 radical (unpaired) electrons. The van der Waals surface area contributed by atoms with Gasteiger partial charge in [0.05, 0.1) is 0 Å². The Morgan fingerprint density at radius 2 is 2.00 bits per heavy atom. The first kappa shape index (κ1) is 13.4. The van der Waals surface area contributed by atoms with Crippen LogP contribution in [0.15, 0.2) is 0 Å². The highest BCUT2D eigenvalue weighted by molar-refractivity contribution is 5.96. The van der Waals surface area contributed by atoms with Gasteiger partial charge in [0.25, 0.3) is 0 Å². The van der Waals surface area contributed by atoms with Gasteiger partial charge in [0.2, 0.25) is 11.8 Å². The molecule has 1 saturated heterocycles. The summed E-state index contributed by atoms with van der Waals surface area (Å²) in [5.74, 6) is 0.883. The summed E-state index contributed by atoms with van der Waals surface area (Å²) < 4.78 is 0. The molecule has 0 aromatic heterocycles. The molecule has 4 heteroatoms. The molecule has 2 amide bonds. The number of hydrogen-bond donors (Lipinski definition) is 1. The van der Waals surface area contributed by atoms with E-state index in [1.807, 2.05) is 11.8 Å². The van der Waals surface area contributed by atoms with Crippen LogP contribution >= 0.6 is 0 Å². The summed E-state index contributed by atoms with van der Waals surface area (Å²) in [6.45, 7) is 5.87. The topological polar surface area (TPSA) is 49.4 Å². The molecule has 2 rings (SSSR count). The van der Waals surface area contributed by atoms with Crippen LogP contribution in [0.3, 0.4) is 0 Å². The van der Waals surface area contributed by atoms with Gasteiger partial charge in [0.15, 0.2) is 0 Å². The Bertz CT molecular complexity index is 339. The van der Waals surface area contributed by atoms with Gasteiger partial charge in [0.1, 0.15) is 12.1 Å². The largest absolute Gasteiger partial charge is 0.343 e. The molecule has 2 aliphatic rings. The van der Waals surface area contributed by atoms with Crippen molar-refractivity contribution in [3.8, 4) is 0 Å². The molecule has 0 bridgehead atoms. The first-order valence-corrected chi connectivity index (χ1v) is 7.21. The molecule has 2 fully saturated rings. The Morgan fingerprint density at radius 1 is 1.33 bits per heavy atom. The third kappa shape index (κ3) is 2.52. The molecule has 1 saturated carbocycles. The Balaban J connectivity index is 2.16. The molecule has 0 spiro atoms. The van der Waals surface area contributed by atoms with E-state index in [-0.39, 0.29) is 29.9 Å². The van der Waals surface area contributed by atoms with E-state index in [1.54, 1.807) is 6.92 Å². The first-order valence-electron chi connectivity index (χ1n) is 7.21. The third-order valence-corrected chi connectivity index (χ3v) is 4.18. The highest BCUT2D eigenvalue weighted by Gasteiger charge is 2.41. The predicted molar refractivity (Wildman–Crippen MR) is 69.9 cm³/mol. The van der Waals surface area contributed by atoms with Crippen molar-refractivity contribution in [1.29, 1.82) is 0 Å².